The number of nitrogens with one attached hydrogen (secondary N) is 1. The molecule has 3 aromatic rings. The fourth-order valence-electron chi connectivity index (χ4n) is 3.86. The summed E-state index contributed by atoms with van der Waals surface area (Å²) in [7, 11) is 0. The molecular formula is C26H25Cl2N3O3. The van der Waals surface area contributed by atoms with E-state index in [0.717, 1.165) is 16.8 Å². The molecular weight excluding hydrogens is 473 g/mol. The van der Waals surface area contributed by atoms with E-state index < -0.39 is 0 Å². The van der Waals surface area contributed by atoms with Crippen LogP contribution in [0, 0.1) is 6.92 Å². The van der Waals surface area contributed by atoms with Gasteiger partial charge in [0, 0.05) is 49.8 Å². The molecule has 6 nitrogen and oxygen atoms in total. The predicted molar refractivity (Wildman–Crippen MR) is 137 cm³/mol. The van der Waals surface area contributed by atoms with E-state index in [1.165, 1.54) is 6.08 Å². The maximum atomic E-state index is 12.7. The van der Waals surface area contributed by atoms with E-state index in [4.69, 9.17) is 27.6 Å². The molecule has 2 aromatic carbocycles. The van der Waals surface area contributed by atoms with Crippen molar-refractivity contribution in [3.8, 4) is 11.3 Å². The fraction of sp³-hybridized carbons (Fsp3) is 0.231. The van der Waals surface area contributed by atoms with Crippen LogP contribution in [0.2, 0.25) is 10.0 Å². The van der Waals surface area contributed by atoms with Crippen LogP contribution in [0.25, 0.3) is 17.4 Å². The lowest BCUT2D eigenvalue weighted by molar-refractivity contribution is -0.129. The number of carbonyl (C=O) groups is 2. The Bertz CT molecular complexity index is 1240. The molecule has 1 N–H and O–H groups in total. The second-order valence-corrected chi connectivity index (χ2v) is 8.93. The van der Waals surface area contributed by atoms with Crippen molar-refractivity contribution < 1.29 is 14.0 Å². The minimum absolute atomic E-state index is 0.0593. The fourth-order valence-corrected chi connectivity index (χ4v) is 4.33. The van der Waals surface area contributed by atoms with Crippen LogP contribution in [0.15, 0.2) is 59.0 Å². The topological polar surface area (TPSA) is 65.8 Å². The van der Waals surface area contributed by atoms with Gasteiger partial charge in [0.1, 0.15) is 11.5 Å². The van der Waals surface area contributed by atoms with Gasteiger partial charge < -0.3 is 19.5 Å². The molecule has 2 amide bonds. The predicted octanol–water partition coefficient (Wildman–Crippen LogP) is 5.88. The molecule has 0 radical (unpaired) electrons. The SMILES string of the molecule is CC(=O)N1CCN(c2c(Cl)cccc2NC(=O)/C=C/c2ccc(-c3ccc(C)c(Cl)c3)o2)CC1. The zero-order valence-corrected chi connectivity index (χ0v) is 20.5. The second kappa shape index (κ2) is 10.4. The Labute approximate surface area is 208 Å². The summed E-state index contributed by atoms with van der Waals surface area (Å²) in [6.45, 7) is 6.02. The Morgan fingerprint density at radius 1 is 1.00 bits per heavy atom. The Morgan fingerprint density at radius 3 is 2.47 bits per heavy atom. The number of rotatable bonds is 5. The van der Waals surface area contributed by atoms with Gasteiger partial charge in [0.2, 0.25) is 11.8 Å². The number of para-hydroxylation sites is 1. The first-order valence-electron chi connectivity index (χ1n) is 11.0. The highest BCUT2D eigenvalue weighted by Gasteiger charge is 2.23. The molecule has 0 bridgehead atoms. The molecule has 1 aromatic heterocycles. The van der Waals surface area contributed by atoms with Gasteiger partial charge in [-0.15, -0.1) is 0 Å². The third-order valence-corrected chi connectivity index (χ3v) is 6.48. The van der Waals surface area contributed by atoms with E-state index in [9.17, 15) is 9.59 Å². The lowest BCUT2D eigenvalue weighted by Gasteiger charge is -2.36. The highest BCUT2D eigenvalue weighted by molar-refractivity contribution is 6.34. The number of hydrogen-bond acceptors (Lipinski definition) is 4. The Morgan fingerprint density at radius 2 is 1.76 bits per heavy atom. The van der Waals surface area contributed by atoms with Gasteiger partial charge in [-0.3, -0.25) is 9.59 Å². The van der Waals surface area contributed by atoms with E-state index in [1.807, 2.05) is 37.3 Å². The van der Waals surface area contributed by atoms with Crippen molar-refractivity contribution in [1.29, 1.82) is 0 Å². The number of hydrogen-bond donors (Lipinski definition) is 1. The molecule has 1 saturated heterocycles. The van der Waals surface area contributed by atoms with Crippen molar-refractivity contribution in [2.75, 3.05) is 36.4 Å². The molecule has 0 spiro atoms. The number of aryl methyl sites for hydroxylation is 1. The Balaban J connectivity index is 1.45. The van der Waals surface area contributed by atoms with E-state index in [-0.39, 0.29) is 11.8 Å². The van der Waals surface area contributed by atoms with Crippen LogP contribution in [0.4, 0.5) is 11.4 Å². The first-order valence-corrected chi connectivity index (χ1v) is 11.7. The van der Waals surface area contributed by atoms with E-state index in [2.05, 4.69) is 10.2 Å². The largest absolute Gasteiger partial charge is 0.457 e. The Hall–Kier alpha value is -3.22. The number of nitrogens with zero attached hydrogens (tertiary/aromatic N) is 2. The van der Waals surface area contributed by atoms with Crippen LogP contribution < -0.4 is 10.2 Å². The number of amides is 2. The first-order chi connectivity index (χ1) is 16.3. The lowest BCUT2D eigenvalue weighted by atomic mass is 10.1. The van der Waals surface area contributed by atoms with Gasteiger partial charge in [-0.1, -0.05) is 41.4 Å². The quantitative estimate of drug-likeness (QED) is 0.446. The Kier molecular flexibility index (Phi) is 7.29. The molecule has 0 unspecified atom stereocenters. The molecule has 4 rings (SSSR count). The number of piperazine rings is 1. The van der Waals surface area contributed by atoms with Crippen molar-refractivity contribution in [3.05, 3.63) is 76.0 Å². The number of anilines is 2. The van der Waals surface area contributed by atoms with E-state index >= 15 is 0 Å². The molecule has 1 fully saturated rings. The summed E-state index contributed by atoms with van der Waals surface area (Å²) < 4.78 is 5.85. The summed E-state index contributed by atoms with van der Waals surface area (Å²) in [4.78, 5) is 28.2. The molecule has 2 heterocycles. The zero-order chi connectivity index (χ0) is 24.2. The minimum Gasteiger partial charge on any atom is -0.457 e. The van der Waals surface area contributed by atoms with Gasteiger partial charge in [-0.25, -0.2) is 0 Å². The van der Waals surface area contributed by atoms with Gasteiger partial charge in [-0.05, 0) is 48.9 Å². The first kappa shape index (κ1) is 23.9. The van der Waals surface area contributed by atoms with Crippen molar-refractivity contribution >= 4 is 52.5 Å². The third kappa shape index (κ3) is 5.46. The molecule has 1 aliphatic rings. The van der Waals surface area contributed by atoms with E-state index in [0.29, 0.717) is 53.4 Å². The second-order valence-electron chi connectivity index (χ2n) is 8.12. The third-order valence-electron chi connectivity index (χ3n) is 5.77. The lowest BCUT2D eigenvalue weighted by Crippen LogP contribution is -2.48. The molecule has 0 atom stereocenters. The van der Waals surface area contributed by atoms with Crippen molar-refractivity contribution in [1.82, 2.24) is 4.90 Å². The van der Waals surface area contributed by atoms with Crippen LogP contribution in [-0.2, 0) is 9.59 Å². The molecule has 8 heteroatoms. The molecule has 176 valence electrons. The summed E-state index contributed by atoms with van der Waals surface area (Å²) in [5, 5.41) is 4.13. The average molecular weight is 498 g/mol. The monoisotopic (exact) mass is 497 g/mol. The number of benzene rings is 2. The van der Waals surface area contributed by atoms with Gasteiger partial charge in [-0.2, -0.15) is 0 Å². The van der Waals surface area contributed by atoms with Crippen molar-refractivity contribution in [2.24, 2.45) is 0 Å². The highest BCUT2D eigenvalue weighted by Crippen LogP contribution is 2.35. The smallest absolute Gasteiger partial charge is 0.248 e. The summed E-state index contributed by atoms with van der Waals surface area (Å²) in [6, 6.07) is 14.8. The summed E-state index contributed by atoms with van der Waals surface area (Å²) in [6.07, 6.45) is 3.04. The molecule has 1 aliphatic heterocycles. The van der Waals surface area contributed by atoms with Crippen molar-refractivity contribution in [3.63, 3.8) is 0 Å². The normalized spacial score (nSPS) is 14.0. The van der Waals surface area contributed by atoms with E-state index in [1.54, 1.807) is 36.1 Å². The van der Waals surface area contributed by atoms with Crippen LogP contribution in [0.5, 0.6) is 0 Å². The molecule has 34 heavy (non-hydrogen) atoms. The zero-order valence-electron chi connectivity index (χ0n) is 19.0. The van der Waals surface area contributed by atoms with Crippen LogP contribution >= 0.6 is 23.2 Å². The van der Waals surface area contributed by atoms with Crippen molar-refractivity contribution in [2.45, 2.75) is 13.8 Å². The molecule has 0 saturated carbocycles. The standard InChI is InChI=1S/C26H25Cl2N3O3/c1-17-6-7-19(16-22(17)28)24-10-8-20(34-24)9-11-25(33)29-23-5-3-4-21(27)26(23)31-14-12-30(13-15-31)18(2)32/h3-11,16H,12-15H2,1-2H3,(H,29,33)/b11-9+. The average Bonchev–Trinajstić information content (AvgIpc) is 3.29. The number of halogens is 2. The number of furan rings is 1. The van der Waals surface area contributed by atoms with Crippen LogP contribution in [-0.4, -0.2) is 42.9 Å². The van der Waals surface area contributed by atoms with Crippen LogP contribution in [0.3, 0.4) is 0 Å². The van der Waals surface area contributed by atoms with Gasteiger partial charge in [0.05, 0.1) is 16.4 Å². The molecule has 0 aliphatic carbocycles. The van der Waals surface area contributed by atoms with Gasteiger partial charge in [0.15, 0.2) is 0 Å². The van der Waals surface area contributed by atoms with Crippen LogP contribution in [0.1, 0.15) is 18.2 Å². The summed E-state index contributed by atoms with van der Waals surface area (Å²) in [5.41, 5.74) is 3.24. The maximum absolute atomic E-state index is 12.7. The maximum Gasteiger partial charge on any atom is 0.248 e. The van der Waals surface area contributed by atoms with Gasteiger partial charge in [0.25, 0.3) is 0 Å². The number of carbonyl (C=O) groups excluding carboxylic acids is 2. The summed E-state index contributed by atoms with van der Waals surface area (Å²) in [5.74, 6) is 0.976. The summed E-state index contributed by atoms with van der Waals surface area (Å²) >= 11 is 12.7. The van der Waals surface area contributed by atoms with Gasteiger partial charge >= 0.3 is 0 Å². The minimum atomic E-state index is -0.304. The highest BCUT2D eigenvalue weighted by atomic mass is 35.5.